The molecule has 1 aromatic carbocycles. The third kappa shape index (κ3) is 4.51. The van der Waals surface area contributed by atoms with Crippen LogP contribution in [0.2, 0.25) is 0 Å². The Hall–Kier alpha value is -3.29. The Balaban J connectivity index is 1.59. The maximum absolute atomic E-state index is 12.8. The Morgan fingerprint density at radius 2 is 1.75 bits per heavy atom. The van der Waals surface area contributed by atoms with Crippen LogP contribution in [0.25, 0.3) is 0 Å². The Labute approximate surface area is 163 Å². The third-order valence-corrected chi connectivity index (χ3v) is 4.81. The first kappa shape index (κ1) is 19.5. The summed E-state index contributed by atoms with van der Waals surface area (Å²) in [5.41, 5.74) is 6.67. The zero-order valence-corrected chi connectivity index (χ0v) is 16.0. The number of carbonyl (C=O) groups is 2. The molecular formula is C20H24N4O4. The van der Waals surface area contributed by atoms with Crippen LogP contribution in [0, 0.1) is 5.92 Å². The largest absolute Gasteiger partial charge is 0.497 e. The van der Waals surface area contributed by atoms with Gasteiger partial charge in [0.1, 0.15) is 17.3 Å². The molecule has 3 rings (SSSR count). The second-order valence-corrected chi connectivity index (χ2v) is 6.63. The van der Waals surface area contributed by atoms with Gasteiger partial charge in [-0.2, -0.15) is 0 Å². The summed E-state index contributed by atoms with van der Waals surface area (Å²) in [4.78, 5) is 31.0. The van der Waals surface area contributed by atoms with Gasteiger partial charge in [0.2, 0.25) is 5.91 Å². The molecule has 8 heteroatoms. The topological polar surface area (TPSA) is 107 Å². The van der Waals surface area contributed by atoms with Crippen molar-refractivity contribution in [3.8, 4) is 11.5 Å². The van der Waals surface area contributed by atoms with Crippen molar-refractivity contribution in [1.29, 1.82) is 0 Å². The van der Waals surface area contributed by atoms with Crippen LogP contribution < -0.4 is 20.5 Å². The lowest BCUT2D eigenvalue weighted by Crippen LogP contribution is -2.41. The van der Waals surface area contributed by atoms with Crippen molar-refractivity contribution in [3.63, 3.8) is 0 Å². The Bertz CT molecular complexity index is 824. The predicted octanol–water partition coefficient (Wildman–Crippen LogP) is 2.17. The molecular weight excluding hydrogens is 360 g/mol. The van der Waals surface area contributed by atoms with Crippen LogP contribution in [0.15, 0.2) is 36.5 Å². The van der Waals surface area contributed by atoms with Crippen molar-refractivity contribution in [3.05, 3.63) is 42.1 Å². The molecule has 1 saturated heterocycles. The Morgan fingerprint density at radius 3 is 2.29 bits per heavy atom. The molecule has 8 nitrogen and oxygen atoms in total. The first-order valence-electron chi connectivity index (χ1n) is 9.05. The van der Waals surface area contributed by atoms with Gasteiger partial charge in [0.25, 0.3) is 5.91 Å². The molecule has 1 aromatic heterocycles. The summed E-state index contributed by atoms with van der Waals surface area (Å²) in [6, 6.07) is 8.46. The first-order chi connectivity index (χ1) is 13.5. The predicted molar refractivity (Wildman–Crippen MR) is 105 cm³/mol. The number of anilines is 2. The summed E-state index contributed by atoms with van der Waals surface area (Å²) >= 11 is 0. The quantitative estimate of drug-likeness (QED) is 0.818. The van der Waals surface area contributed by atoms with E-state index in [1.165, 1.54) is 6.20 Å². The van der Waals surface area contributed by atoms with Gasteiger partial charge in [-0.1, -0.05) is 0 Å². The van der Waals surface area contributed by atoms with Gasteiger partial charge in [-0.3, -0.25) is 9.59 Å². The number of nitrogen functional groups attached to an aromatic ring is 1. The highest BCUT2D eigenvalue weighted by molar-refractivity contribution is 5.96. The van der Waals surface area contributed by atoms with Gasteiger partial charge in [-0.05, 0) is 37.1 Å². The number of nitrogens with one attached hydrogen (secondary N) is 1. The van der Waals surface area contributed by atoms with E-state index in [9.17, 15) is 9.59 Å². The monoisotopic (exact) mass is 384 g/mol. The molecule has 0 radical (unpaired) electrons. The number of pyridine rings is 1. The summed E-state index contributed by atoms with van der Waals surface area (Å²) < 4.78 is 10.5. The zero-order chi connectivity index (χ0) is 20.1. The lowest BCUT2D eigenvalue weighted by Gasteiger charge is -2.31. The van der Waals surface area contributed by atoms with E-state index in [4.69, 9.17) is 15.2 Å². The van der Waals surface area contributed by atoms with Crippen LogP contribution in [-0.2, 0) is 4.79 Å². The minimum Gasteiger partial charge on any atom is -0.497 e. The molecule has 0 saturated carbocycles. The average Bonchev–Trinajstić information content (AvgIpc) is 2.74. The molecule has 2 aromatic rings. The first-order valence-corrected chi connectivity index (χ1v) is 9.05. The number of nitrogens with two attached hydrogens (primary N) is 1. The van der Waals surface area contributed by atoms with E-state index >= 15 is 0 Å². The van der Waals surface area contributed by atoms with Gasteiger partial charge in [0.05, 0.1) is 26.1 Å². The smallest absolute Gasteiger partial charge is 0.254 e. The van der Waals surface area contributed by atoms with Gasteiger partial charge >= 0.3 is 0 Å². The fraction of sp³-hybridized carbons (Fsp3) is 0.350. The fourth-order valence-corrected chi connectivity index (χ4v) is 3.18. The summed E-state index contributed by atoms with van der Waals surface area (Å²) in [5, 5.41) is 2.85. The van der Waals surface area contributed by atoms with Crippen molar-refractivity contribution >= 4 is 23.3 Å². The van der Waals surface area contributed by atoms with Crippen LogP contribution in [0.4, 0.5) is 11.5 Å². The highest BCUT2D eigenvalue weighted by Crippen LogP contribution is 2.26. The summed E-state index contributed by atoms with van der Waals surface area (Å²) in [6.45, 7) is 1.02. The molecule has 3 N–H and O–H groups in total. The number of amides is 2. The third-order valence-electron chi connectivity index (χ3n) is 4.81. The van der Waals surface area contributed by atoms with Gasteiger partial charge in [-0.15, -0.1) is 0 Å². The van der Waals surface area contributed by atoms with Gasteiger partial charge in [-0.25, -0.2) is 4.98 Å². The lowest BCUT2D eigenvalue weighted by molar-refractivity contribution is -0.121. The molecule has 148 valence electrons. The van der Waals surface area contributed by atoms with Crippen LogP contribution in [0.5, 0.6) is 11.5 Å². The number of likely N-dealkylation sites (tertiary alicyclic amines) is 1. The van der Waals surface area contributed by atoms with Crippen molar-refractivity contribution in [1.82, 2.24) is 9.88 Å². The van der Waals surface area contributed by atoms with Crippen molar-refractivity contribution in [2.24, 2.45) is 5.92 Å². The number of ether oxygens (including phenoxy) is 2. The molecule has 0 spiro atoms. The molecule has 0 unspecified atom stereocenters. The number of piperidine rings is 1. The Morgan fingerprint density at radius 1 is 1.11 bits per heavy atom. The summed E-state index contributed by atoms with van der Waals surface area (Å²) in [5.74, 6) is 1.21. The molecule has 28 heavy (non-hydrogen) atoms. The number of rotatable bonds is 5. The SMILES string of the molecule is COc1cc(OC)cc(C(=O)N2CCC(C(=O)Nc3ccc(N)nc3)CC2)c1. The Kier molecular flexibility index (Phi) is 5.98. The van der Waals surface area contributed by atoms with Gasteiger partial charge in [0, 0.05) is 30.6 Å². The van der Waals surface area contributed by atoms with E-state index in [1.807, 2.05) is 0 Å². The highest BCUT2D eigenvalue weighted by atomic mass is 16.5. The molecule has 0 bridgehead atoms. The molecule has 2 amide bonds. The van der Waals surface area contributed by atoms with Gasteiger partial charge < -0.3 is 25.4 Å². The normalized spacial score (nSPS) is 14.4. The van der Waals surface area contributed by atoms with Crippen LogP contribution in [-0.4, -0.2) is 49.0 Å². The van der Waals surface area contributed by atoms with E-state index in [0.717, 1.165) is 0 Å². The van der Waals surface area contributed by atoms with Crippen LogP contribution in [0.1, 0.15) is 23.2 Å². The maximum Gasteiger partial charge on any atom is 0.254 e. The minimum absolute atomic E-state index is 0.0679. The molecule has 1 fully saturated rings. The van der Waals surface area contributed by atoms with E-state index < -0.39 is 0 Å². The molecule has 0 aliphatic carbocycles. The van der Waals surface area contributed by atoms with Crippen molar-refractivity contribution < 1.29 is 19.1 Å². The number of nitrogens with zero attached hydrogens (tertiary/aromatic N) is 2. The van der Waals surface area contributed by atoms with E-state index in [0.29, 0.717) is 54.5 Å². The van der Waals surface area contributed by atoms with E-state index in [2.05, 4.69) is 10.3 Å². The average molecular weight is 384 g/mol. The molecule has 2 heterocycles. The fourth-order valence-electron chi connectivity index (χ4n) is 3.18. The lowest BCUT2D eigenvalue weighted by atomic mass is 9.95. The highest BCUT2D eigenvalue weighted by Gasteiger charge is 2.28. The second-order valence-electron chi connectivity index (χ2n) is 6.63. The molecule has 1 aliphatic rings. The van der Waals surface area contributed by atoms with Crippen LogP contribution in [0.3, 0.4) is 0 Å². The second kappa shape index (κ2) is 8.60. The number of carbonyl (C=O) groups excluding carboxylic acids is 2. The zero-order valence-electron chi connectivity index (χ0n) is 16.0. The molecule has 0 atom stereocenters. The number of benzene rings is 1. The van der Waals surface area contributed by atoms with E-state index in [1.54, 1.807) is 49.5 Å². The standard InChI is InChI=1S/C20H24N4O4/c1-27-16-9-14(10-17(11-16)28-2)20(26)24-7-5-13(6-8-24)19(25)23-15-3-4-18(21)22-12-15/h3-4,9-13H,5-8H2,1-2H3,(H2,21,22)(H,23,25). The van der Waals surface area contributed by atoms with Crippen molar-refractivity contribution in [2.45, 2.75) is 12.8 Å². The number of methoxy groups -OCH3 is 2. The maximum atomic E-state index is 12.8. The van der Waals surface area contributed by atoms with Crippen molar-refractivity contribution in [2.75, 3.05) is 38.4 Å². The summed E-state index contributed by atoms with van der Waals surface area (Å²) in [7, 11) is 3.09. The summed E-state index contributed by atoms with van der Waals surface area (Å²) in [6.07, 6.45) is 2.73. The number of hydrogen-bond acceptors (Lipinski definition) is 6. The minimum atomic E-state index is -0.151. The van der Waals surface area contributed by atoms with Crippen LogP contribution >= 0.6 is 0 Å². The molecule has 1 aliphatic heterocycles. The van der Waals surface area contributed by atoms with E-state index in [-0.39, 0.29) is 17.7 Å². The number of hydrogen-bond donors (Lipinski definition) is 2. The number of aromatic nitrogens is 1. The van der Waals surface area contributed by atoms with Gasteiger partial charge in [0.15, 0.2) is 0 Å².